The van der Waals surface area contributed by atoms with Gasteiger partial charge in [-0.1, -0.05) is 74.3 Å². The molecule has 7 atom stereocenters. The number of nitrogens with two attached hydrogens (primary N) is 2. The van der Waals surface area contributed by atoms with Crippen LogP contribution in [-0.2, 0) is 16.0 Å². The molecule has 3 fully saturated rings. The molecule has 0 aromatic heterocycles. The van der Waals surface area contributed by atoms with Gasteiger partial charge in [-0.3, -0.25) is 4.79 Å². The predicted octanol–water partition coefficient (Wildman–Crippen LogP) is 8.97. The van der Waals surface area contributed by atoms with Crippen molar-refractivity contribution < 1.29 is 24.5 Å². The van der Waals surface area contributed by atoms with E-state index in [0.29, 0.717) is 44.0 Å². The molecule has 300 valence electrons. The number of rotatable bonds is 13. The number of ether oxygens (including phenoxy) is 2. The normalized spacial score (nSPS) is 27.8. The van der Waals surface area contributed by atoms with Crippen molar-refractivity contribution in [3.05, 3.63) is 76.4 Å². The lowest BCUT2D eigenvalue weighted by atomic mass is 9.55. The lowest BCUT2D eigenvalue weighted by Crippen LogP contribution is -2.41. The molecule has 2 aromatic rings. The van der Waals surface area contributed by atoms with Gasteiger partial charge < -0.3 is 31.2 Å². The molecule has 2 bridgehead atoms. The van der Waals surface area contributed by atoms with Gasteiger partial charge in [0.25, 0.3) is 0 Å². The van der Waals surface area contributed by atoms with Gasteiger partial charge in [-0.15, -0.1) is 0 Å². The van der Waals surface area contributed by atoms with Crippen molar-refractivity contribution in [2.45, 2.75) is 134 Å². The Morgan fingerprint density at radius 3 is 2.57 bits per heavy atom. The number of aliphatic imine (C=N–C) groups is 1. The number of benzene rings is 2. The molecule has 7 unspecified atom stereocenters. The second-order valence-corrected chi connectivity index (χ2v) is 17.5. The molecule has 7 rings (SSSR count). The number of carbonyl (C=O) groups excluding carboxylic acids is 1. The first-order chi connectivity index (χ1) is 27.2. The van der Waals surface area contributed by atoms with Gasteiger partial charge in [0.1, 0.15) is 5.75 Å². The second-order valence-electron chi connectivity index (χ2n) is 17.5. The maximum absolute atomic E-state index is 13.4. The Bertz CT molecular complexity index is 1860. The lowest BCUT2D eigenvalue weighted by molar-refractivity contribution is -0.114. The fourth-order valence-electron chi connectivity index (χ4n) is 11.0. The van der Waals surface area contributed by atoms with E-state index >= 15 is 0 Å². The lowest BCUT2D eigenvalue weighted by Gasteiger charge is -2.49. The largest absolute Gasteiger partial charge is 0.508 e. The summed E-state index contributed by atoms with van der Waals surface area (Å²) in [5.41, 5.74) is 17.0. The van der Waals surface area contributed by atoms with Crippen molar-refractivity contribution in [2.24, 2.45) is 46.0 Å². The van der Waals surface area contributed by atoms with Crippen molar-refractivity contribution in [1.29, 1.82) is 0 Å². The summed E-state index contributed by atoms with van der Waals surface area (Å²) in [7, 11) is 1.75. The minimum absolute atomic E-state index is 0.0101. The highest BCUT2D eigenvalue weighted by Gasteiger charge is 2.48. The van der Waals surface area contributed by atoms with Crippen molar-refractivity contribution in [3.8, 4) is 29.1 Å². The first-order valence-corrected chi connectivity index (χ1v) is 21.5. The number of carbonyl (C=O) groups is 1. The number of aromatic hydroxyl groups is 2. The van der Waals surface area contributed by atoms with E-state index in [4.69, 9.17) is 20.9 Å². The maximum atomic E-state index is 13.4. The third kappa shape index (κ3) is 9.31. The Balaban J connectivity index is 1.35. The van der Waals surface area contributed by atoms with Gasteiger partial charge in [-0.05, 0) is 129 Å². The smallest absolute Gasteiger partial charge is 0.186 e. The zero-order valence-electron chi connectivity index (χ0n) is 33.6. The number of allylic oxidation sites excluding steroid dienone is 4. The Morgan fingerprint density at radius 1 is 1.04 bits per heavy atom. The second kappa shape index (κ2) is 18.4. The van der Waals surface area contributed by atoms with E-state index < -0.39 is 0 Å². The molecule has 8 nitrogen and oxygen atoms in total. The van der Waals surface area contributed by atoms with Crippen LogP contribution in [0.2, 0.25) is 0 Å². The highest BCUT2D eigenvalue weighted by Crippen LogP contribution is 2.59. The number of guanidine groups is 1. The van der Waals surface area contributed by atoms with Crippen LogP contribution < -0.4 is 16.2 Å². The summed E-state index contributed by atoms with van der Waals surface area (Å²) in [5, 5.41) is 23.3. The molecule has 0 saturated heterocycles. The summed E-state index contributed by atoms with van der Waals surface area (Å²) in [6.07, 6.45) is 21.7. The average Bonchev–Trinajstić information content (AvgIpc) is 3.89. The third-order valence-corrected chi connectivity index (χ3v) is 13.5. The fraction of sp³-hybridized carbons (Fsp3) is 0.583. The number of fused-ring (bicyclic) bond motifs is 6. The molecule has 56 heavy (non-hydrogen) atoms. The zero-order chi connectivity index (χ0) is 39.2. The van der Waals surface area contributed by atoms with Crippen LogP contribution in [0.3, 0.4) is 0 Å². The van der Waals surface area contributed by atoms with Crippen LogP contribution in [0.15, 0.2) is 59.1 Å². The summed E-state index contributed by atoms with van der Waals surface area (Å²) in [5.74, 6) is 9.30. The molecule has 0 heterocycles. The van der Waals surface area contributed by atoms with Gasteiger partial charge in [0, 0.05) is 42.9 Å². The Kier molecular flexibility index (Phi) is 13.1. The summed E-state index contributed by atoms with van der Waals surface area (Å²) >= 11 is 0. The predicted molar refractivity (Wildman–Crippen MR) is 223 cm³/mol. The average molecular weight is 762 g/mol. The van der Waals surface area contributed by atoms with Gasteiger partial charge in [-0.25, -0.2) is 4.99 Å². The summed E-state index contributed by atoms with van der Waals surface area (Å²) in [6, 6.07) is 9.43. The summed E-state index contributed by atoms with van der Waals surface area (Å²) in [4.78, 5) is 18.1. The van der Waals surface area contributed by atoms with E-state index in [2.05, 4.69) is 42.0 Å². The molecule has 0 amide bonds. The van der Waals surface area contributed by atoms with E-state index in [0.717, 1.165) is 79.5 Å². The summed E-state index contributed by atoms with van der Waals surface area (Å²) in [6.45, 7) is 2.80. The SMILES string of the molecule is COCC1C2C=C3C(c4cccc(O)c4)CC(C)CC3C1c1c(O)c(OC3CCCC3)cc(CCC(=O)C=CCCC3CCCC3)c1C#CCC(N=C(N)N)C2. The first kappa shape index (κ1) is 40.0. The van der Waals surface area contributed by atoms with Gasteiger partial charge in [0.15, 0.2) is 23.2 Å². The summed E-state index contributed by atoms with van der Waals surface area (Å²) < 4.78 is 12.8. The number of hydrogen-bond donors (Lipinski definition) is 4. The van der Waals surface area contributed by atoms with Gasteiger partial charge >= 0.3 is 0 Å². The molecular weight excluding hydrogens is 699 g/mol. The number of aryl methyl sites for hydroxylation is 1. The van der Waals surface area contributed by atoms with Gasteiger partial charge in [0.2, 0.25) is 0 Å². The minimum atomic E-state index is -0.229. The molecule has 5 aliphatic rings. The number of ketones is 1. The third-order valence-electron chi connectivity index (χ3n) is 13.5. The van der Waals surface area contributed by atoms with Gasteiger partial charge in [0.05, 0.1) is 18.8 Å². The van der Waals surface area contributed by atoms with E-state index in [-0.39, 0.29) is 65.0 Å². The number of hydrogen-bond acceptors (Lipinski definition) is 6. The van der Waals surface area contributed by atoms with Crippen molar-refractivity contribution in [1.82, 2.24) is 0 Å². The number of phenols is 2. The molecule has 2 aromatic carbocycles. The molecule has 5 aliphatic carbocycles. The molecule has 0 aliphatic heterocycles. The van der Waals surface area contributed by atoms with Crippen molar-refractivity contribution in [3.63, 3.8) is 0 Å². The Labute approximate surface area is 334 Å². The highest BCUT2D eigenvalue weighted by molar-refractivity contribution is 5.89. The van der Waals surface area contributed by atoms with Crippen LogP contribution in [0.25, 0.3) is 0 Å². The quantitative estimate of drug-likeness (QED) is 0.0525. The van der Waals surface area contributed by atoms with Crippen molar-refractivity contribution >= 4 is 11.7 Å². The molecule has 8 heteroatoms. The molecular formula is C48H63N3O5. The van der Waals surface area contributed by atoms with Gasteiger partial charge in [-0.2, -0.15) is 0 Å². The number of nitrogens with zero attached hydrogens (tertiary/aromatic N) is 1. The number of phenolic OH excluding ortho intramolecular Hbond substituents is 2. The molecule has 0 spiro atoms. The monoisotopic (exact) mass is 761 g/mol. The van der Waals surface area contributed by atoms with E-state index in [9.17, 15) is 15.0 Å². The number of methoxy groups -OCH3 is 1. The highest BCUT2D eigenvalue weighted by atomic mass is 16.5. The van der Waals surface area contributed by atoms with Crippen LogP contribution in [0, 0.1) is 41.4 Å². The Hall–Kier alpha value is -4.22. The van der Waals surface area contributed by atoms with Crippen molar-refractivity contribution in [2.75, 3.05) is 13.7 Å². The molecule has 6 N–H and O–H groups in total. The fourth-order valence-corrected chi connectivity index (χ4v) is 11.0. The molecule has 0 radical (unpaired) electrons. The zero-order valence-corrected chi connectivity index (χ0v) is 33.6. The molecule has 3 saturated carbocycles. The van der Waals surface area contributed by atoms with Crippen LogP contribution in [-0.4, -0.2) is 47.8 Å². The van der Waals surface area contributed by atoms with E-state index in [1.165, 1.54) is 31.3 Å². The van der Waals surface area contributed by atoms with Crippen LogP contribution in [0.1, 0.15) is 137 Å². The Morgan fingerprint density at radius 2 is 1.82 bits per heavy atom. The van der Waals surface area contributed by atoms with Crippen LogP contribution in [0.5, 0.6) is 17.2 Å². The maximum Gasteiger partial charge on any atom is 0.186 e. The first-order valence-electron chi connectivity index (χ1n) is 21.5. The topological polar surface area (TPSA) is 140 Å². The standard InChI is InChI=1S/C48H63N3O5/c1-30-23-40(32-14-9-17-37(53)26-32)41-27-34-25-35(51-48(49)50)15-10-20-39-33(21-22-36(52)16-6-5-13-31-11-3-4-12-31)28-44(56-38-18-7-8-19-38)47(54)46(39)45(42(41)24-30)43(34)29-55-2/h6,9,14,16-17,26-28,30-31,34-35,38,40,42-43,45,53-54H,3-5,7-8,11-13,15,18-19,21-25,29H2,1-2H3,(H4,49,50,51). The van der Waals surface area contributed by atoms with Crippen LogP contribution >= 0.6 is 0 Å². The van der Waals surface area contributed by atoms with E-state index in [1.54, 1.807) is 19.3 Å². The van der Waals surface area contributed by atoms with E-state index in [1.807, 2.05) is 18.2 Å². The minimum Gasteiger partial charge on any atom is -0.508 e. The van der Waals surface area contributed by atoms with Crippen LogP contribution in [0.4, 0.5) is 0 Å².